The van der Waals surface area contributed by atoms with Crippen LogP contribution >= 0.6 is 11.6 Å². The van der Waals surface area contributed by atoms with Crippen molar-refractivity contribution in [2.24, 2.45) is 17.8 Å². The monoisotopic (exact) mass is 357 g/mol. The maximum Gasteiger partial charge on any atom is 0.339 e. The van der Waals surface area contributed by atoms with E-state index >= 15 is 0 Å². The first kappa shape index (κ1) is 15.9. The average molecular weight is 358 g/mol. The third-order valence-corrected chi connectivity index (χ3v) is 7.10. The van der Waals surface area contributed by atoms with E-state index in [0.29, 0.717) is 10.6 Å². The molecule has 0 N–H and O–H groups in total. The summed E-state index contributed by atoms with van der Waals surface area (Å²) in [5.41, 5.74) is 1.29. The molecule has 4 heteroatoms. The Morgan fingerprint density at radius 3 is 2.88 bits per heavy atom. The lowest BCUT2D eigenvalue weighted by molar-refractivity contribution is -0.0452. The highest BCUT2D eigenvalue weighted by atomic mass is 35.5. The fraction of sp³-hybridized carbons (Fsp3) is 0.571. The molecule has 132 valence electrons. The van der Waals surface area contributed by atoms with Crippen molar-refractivity contribution >= 4 is 17.6 Å². The molecular formula is C21H24ClNO2. The van der Waals surface area contributed by atoms with Gasteiger partial charge in [0.25, 0.3) is 0 Å². The number of nitrogens with zero attached hydrogens (tertiary/aromatic N) is 1. The molecule has 1 saturated carbocycles. The van der Waals surface area contributed by atoms with E-state index in [1.54, 1.807) is 6.07 Å². The maximum atomic E-state index is 12.3. The third kappa shape index (κ3) is 2.63. The van der Waals surface area contributed by atoms with Gasteiger partial charge in [0.1, 0.15) is 5.60 Å². The van der Waals surface area contributed by atoms with Crippen LogP contribution in [0.5, 0.6) is 0 Å². The van der Waals surface area contributed by atoms with E-state index in [2.05, 4.69) is 17.1 Å². The van der Waals surface area contributed by atoms with Crippen molar-refractivity contribution < 1.29 is 9.53 Å². The summed E-state index contributed by atoms with van der Waals surface area (Å²) in [5.74, 6) is 2.35. The molecule has 2 aliphatic carbocycles. The molecule has 0 amide bonds. The SMILES string of the molecule is O=C1OC2(CCN(C[C@@H]3C[C@H]4C=CC[C@H]3C4)CC2)c2ccc(Cl)cc21. The quantitative estimate of drug-likeness (QED) is 0.580. The van der Waals surface area contributed by atoms with Crippen molar-refractivity contribution in [3.05, 3.63) is 46.5 Å². The van der Waals surface area contributed by atoms with Crippen molar-refractivity contribution in [1.29, 1.82) is 0 Å². The molecule has 2 fully saturated rings. The Morgan fingerprint density at radius 1 is 1.24 bits per heavy atom. The molecule has 3 nitrogen and oxygen atoms in total. The van der Waals surface area contributed by atoms with Crippen molar-refractivity contribution in [2.45, 2.75) is 37.7 Å². The first-order valence-corrected chi connectivity index (χ1v) is 9.93. The summed E-state index contributed by atoms with van der Waals surface area (Å²) >= 11 is 6.06. The van der Waals surface area contributed by atoms with Crippen LogP contribution in [0, 0.1) is 17.8 Å². The summed E-state index contributed by atoms with van der Waals surface area (Å²) in [4.78, 5) is 14.9. The van der Waals surface area contributed by atoms with E-state index in [0.717, 1.165) is 49.2 Å². The Bertz CT molecular complexity index is 735. The van der Waals surface area contributed by atoms with Crippen LogP contribution < -0.4 is 0 Å². The largest absolute Gasteiger partial charge is 0.450 e. The number of benzene rings is 1. The average Bonchev–Trinajstić information content (AvgIpc) is 3.03. The fourth-order valence-electron chi connectivity index (χ4n) is 5.54. The summed E-state index contributed by atoms with van der Waals surface area (Å²) < 4.78 is 5.87. The summed E-state index contributed by atoms with van der Waals surface area (Å²) in [7, 11) is 0. The molecule has 3 atom stereocenters. The first-order chi connectivity index (χ1) is 12.1. The molecule has 4 aliphatic rings. The third-order valence-electron chi connectivity index (χ3n) is 6.86. The van der Waals surface area contributed by atoms with E-state index in [1.807, 2.05) is 12.1 Å². The van der Waals surface area contributed by atoms with Crippen molar-refractivity contribution in [3.63, 3.8) is 0 Å². The molecule has 0 unspecified atom stereocenters. The van der Waals surface area contributed by atoms with Crippen LogP contribution in [0.1, 0.15) is 48.0 Å². The van der Waals surface area contributed by atoms with Crippen LogP contribution in [0.4, 0.5) is 0 Å². The zero-order chi connectivity index (χ0) is 17.0. The zero-order valence-corrected chi connectivity index (χ0v) is 15.2. The molecular weight excluding hydrogens is 334 g/mol. The van der Waals surface area contributed by atoms with Crippen molar-refractivity contribution in [2.75, 3.05) is 19.6 Å². The van der Waals surface area contributed by atoms with Gasteiger partial charge in [0.2, 0.25) is 0 Å². The second kappa shape index (κ2) is 5.85. The van der Waals surface area contributed by atoms with Gasteiger partial charge in [0.15, 0.2) is 0 Å². The van der Waals surface area contributed by atoms with Crippen LogP contribution in [-0.4, -0.2) is 30.5 Å². The highest BCUT2D eigenvalue weighted by Gasteiger charge is 2.47. The number of carbonyl (C=O) groups is 1. The molecule has 25 heavy (non-hydrogen) atoms. The molecule has 2 aliphatic heterocycles. The minimum atomic E-state index is -0.416. The van der Waals surface area contributed by atoms with Gasteiger partial charge in [-0.05, 0) is 49.1 Å². The fourth-order valence-corrected chi connectivity index (χ4v) is 5.72. The Labute approximate surface area is 154 Å². The molecule has 2 heterocycles. The topological polar surface area (TPSA) is 29.5 Å². The van der Waals surface area contributed by atoms with Gasteiger partial charge in [-0.3, -0.25) is 0 Å². The lowest BCUT2D eigenvalue weighted by Gasteiger charge is -2.40. The lowest BCUT2D eigenvalue weighted by Crippen LogP contribution is -2.44. The van der Waals surface area contributed by atoms with Gasteiger partial charge >= 0.3 is 5.97 Å². The van der Waals surface area contributed by atoms with E-state index in [9.17, 15) is 4.79 Å². The van der Waals surface area contributed by atoms with E-state index < -0.39 is 5.60 Å². The van der Waals surface area contributed by atoms with Crippen LogP contribution in [0.3, 0.4) is 0 Å². The van der Waals surface area contributed by atoms with Gasteiger partial charge in [-0.15, -0.1) is 0 Å². The Balaban J connectivity index is 1.27. The summed E-state index contributed by atoms with van der Waals surface area (Å²) in [5, 5.41) is 0.603. The normalized spacial score (nSPS) is 32.8. The number of esters is 1. The van der Waals surface area contributed by atoms with Gasteiger partial charge in [-0.1, -0.05) is 29.8 Å². The number of rotatable bonds is 2. The van der Waals surface area contributed by atoms with E-state index in [-0.39, 0.29) is 5.97 Å². The summed E-state index contributed by atoms with van der Waals surface area (Å²) in [6.07, 6.45) is 10.6. The Morgan fingerprint density at radius 2 is 2.08 bits per heavy atom. The molecule has 1 aromatic rings. The van der Waals surface area contributed by atoms with Crippen molar-refractivity contribution in [3.8, 4) is 0 Å². The first-order valence-electron chi connectivity index (χ1n) is 9.55. The van der Waals surface area contributed by atoms with Gasteiger partial charge in [0.05, 0.1) is 5.56 Å². The molecule has 1 saturated heterocycles. The van der Waals surface area contributed by atoms with Gasteiger partial charge < -0.3 is 9.64 Å². The van der Waals surface area contributed by atoms with Crippen LogP contribution in [-0.2, 0) is 10.3 Å². The molecule has 0 radical (unpaired) electrons. The van der Waals surface area contributed by atoms with Crippen LogP contribution in [0.2, 0.25) is 5.02 Å². The van der Waals surface area contributed by atoms with Crippen LogP contribution in [0.15, 0.2) is 30.4 Å². The number of likely N-dealkylation sites (tertiary alicyclic amines) is 1. The number of fused-ring (bicyclic) bond motifs is 4. The smallest absolute Gasteiger partial charge is 0.339 e. The number of hydrogen-bond donors (Lipinski definition) is 0. The number of ether oxygens (including phenoxy) is 1. The predicted molar refractivity (Wildman–Crippen MR) is 97.7 cm³/mol. The molecule has 5 rings (SSSR count). The lowest BCUT2D eigenvalue weighted by atomic mass is 9.83. The second-order valence-corrected chi connectivity index (χ2v) is 8.73. The number of carbonyl (C=O) groups excluding carboxylic acids is 1. The second-order valence-electron chi connectivity index (χ2n) is 8.29. The minimum absolute atomic E-state index is 0.207. The van der Waals surface area contributed by atoms with Gasteiger partial charge in [-0.2, -0.15) is 0 Å². The van der Waals surface area contributed by atoms with Crippen LogP contribution in [0.25, 0.3) is 0 Å². The highest BCUT2D eigenvalue weighted by Crippen LogP contribution is 2.46. The molecule has 2 bridgehead atoms. The maximum absolute atomic E-state index is 12.3. The van der Waals surface area contributed by atoms with Gasteiger partial charge in [-0.25, -0.2) is 4.79 Å². The summed E-state index contributed by atoms with van der Waals surface area (Å²) in [6.45, 7) is 3.23. The predicted octanol–water partition coefficient (Wildman–Crippen LogP) is 4.40. The zero-order valence-electron chi connectivity index (χ0n) is 14.4. The van der Waals surface area contributed by atoms with E-state index in [1.165, 1.54) is 25.8 Å². The Kier molecular flexibility index (Phi) is 3.72. The molecule has 1 spiro atoms. The standard InChI is InChI=1S/C21H24ClNO2/c22-17-4-5-19-18(12-17)20(24)25-21(19)6-8-23(9-7-21)13-16-11-14-2-1-3-15(16)10-14/h1-2,4-5,12,14-16H,3,6-11,13H2/t14-,15-,16-/m0/s1. The van der Waals surface area contributed by atoms with E-state index in [4.69, 9.17) is 16.3 Å². The Hall–Kier alpha value is -1.32. The highest BCUT2D eigenvalue weighted by molar-refractivity contribution is 6.31. The number of halogens is 1. The molecule has 0 aromatic heterocycles. The minimum Gasteiger partial charge on any atom is -0.450 e. The number of piperidine rings is 1. The number of hydrogen-bond acceptors (Lipinski definition) is 3. The number of allylic oxidation sites excluding steroid dienone is 2. The van der Waals surface area contributed by atoms with Crippen molar-refractivity contribution in [1.82, 2.24) is 4.90 Å². The van der Waals surface area contributed by atoms with Gasteiger partial charge in [0, 0.05) is 43.1 Å². The molecule has 1 aromatic carbocycles. The summed E-state index contributed by atoms with van der Waals surface area (Å²) in [6, 6.07) is 5.62.